The molecule has 2 aromatic heterocycles. The fourth-order valence-corrected chi connectivity index (χ4v) is 5.57. The van der Waals surface area contributed by atoms with Crippen LogP contribution in [0.3, 0.4) is 0 Å². The second-order valence-corrected chi connectivity index (χ2v) is 10.2. The summed E-state index contributed by atoms with van der Waals surface area (Å²) in [6.07, 6.45) is 4.27. The molecule has 1 aliphatic heterocycles. The summed E-state index contributed by atoms with van der Waals surface area (Å²) in [5.41, 5.74) is 0.695. The Morgan fingerprint density at radius 3 is 2.71 bits per heavy atom. The summed E-state index contributed by atoms with van der Waals surface area (Å²) >= 11 is 1.60. The summed E-state index contributed by atoms with van der Waals surface area (Å²) in [6, 6.07) is 11.9. The Labute approximate surface area is 186 Å². The molecule has 162 valence electrons. The van der Waals surface area contributed by atoms with E-state index in [2.05, 4.69) is 17.2 Å². The van der Waals surface area contributed by atoms with E-state index in [0.717, 1.165) is 47.5 Å². The van der Waals surface area contributed by atoms with Crippen molar-refractivity contribution in [3.8, 4) is 0 Å². The van der Waals surface area contributed by atoms with Gasteiger partial charge in [0.25, 0.3) is 5.91 Å². The van der Waals surface area contributed by atoms with Crippen molar-refractivity contribution in [1.82, 2.24) is 19.8 Å². The summed E-state index contributed by atoms with van der Waals surface area (Å²) in [5.74, 6) is 0.871. The zero-order valence-electron chi connectivity index (χ0n) is 18.0. The second kappa shape index (κ2) is 7.79. The van der Waals surface area contributed by atoms with Gasteiger partial charge in [-0.2, -0.15) is 0 Å². The first-order valence-electron chi connectivity index (χ1n) is 11.1. The summed E-state index contributed by atoms with van der Waals surface area (Å²) < 4.78 is 1.92. The van der Waals surface area contributed by atoms with Gasteiger partial charge in [-0.15, -0.1) is 11.3 Å². The summed E-state index contributed by atoms with van der Waals surface area (Å²) in [4.78, 5) is 34.7. The van der Waals surface area contributed by atoms with E-state index in [1.807, 2.05) is 53.3 Å². The van der Waals surface area contributed by atoms with E-state index < -0.39 is 5.54 Å². The van der Waals surface area contributed by atoms with E-state index in [4.69, 9.17) is 0 Å². The van der Waals surface area contributed by atoms with Crippen molar-refractivity contribution >= 4 is 34.2 Å². The van der Waals surface area contributed by atoms with Crippen LogP contribution in [-0.4, -0.2) is 37.8 Å². The van der Waals surface area contributed by atoms with Gasteiger partial charge >= 0.3 is 0 Å². The van der Waals surface area contributed by atoms with Crippen molar-refractivity contribution in [2.45, 2.75) is 64.2 Å². The Kier molecular flexibility index (Phi) is 5.08. The molecule has 1 saturated carbocycles. The van der Waals surface area contributed by atoms with Gasteiger partial charge in [-0.05, 0) is 62.1 Å². The van der Waals surface area contributed by atoms with Crippen molar-refractivity contribution < 1.29 is 9.59 Å². The molecule has 3 aromatic rings. The molecule has 1 atom stereocenters. The number of aromatic nitrogens is 2. The van der Waals surface area contributed by atoms with Crippen LogP contribution in [0.1, 0.15) is 55.0 Å². The Bertz CT molecular complexity index is 1110. The number of nitrogens with zero attached hydrogens (tertiary/aromatic N) is 3. The largest absolute Gasteiger partial charge is 0.351 e. The van der Waals surface area contributed by atoms with Crippen molar-refractivity contribution in [1.29, 1.82) is 0 Å². The number of carbonyl (C=O) groups is 2. The number of rotatable bonds is 4. The van der Waals surface area contributed by atoms with Gasteiger partial charge in [0, 0.05) is 10.9 Å². The van der Waals surface area contributed by atoms with Gasteiger partial charge in [-0.1, -0.05) is 25.1 Å². The molecule has 0 saturated heterocycles. The minimum atomic E-state index is -0.986. The van der Waals surface area contributed by atoms with Crippen molar-refractivity contribution in [2.75, 3.05) is 0 Å². The van der Waals surface area contributed by atoms with Crippen LogP contribution < -0.4 is 5.32 Å². The predicted octanol–water partition coefficient (Wildman–Crippen LogP) is 4.21. The van der Waals surface area contributed by atoms with E-state index in [1.165, 1.54) is 0 Å². The van der Waals surface area contributed by atoms with Crippen LogP contribution in [-0.2, 0) is 17.9 Å². The maximum Gasteiger partial charge on any atom is 0.291 e. The molecule has 5 rings (SSSR count). The number of amides is 2. The fraction of sp³-hybridized carbons (Fsp3) is 0.458. The number of fused-ring (bicyclic) bond motifs is 3. The van der Waals surface area contributed by atoms with Gasteiger partial charge in [0.15, 0.2) is 5.82 Å². The lowest BCUT2D eigenvalue weighted by atomic mass is 9.86. The molecule has 1 N–H and O–H groups in total. The lowest BCUT2D eigenvalue weighted by Crippen LogP contribution is -2.64. The van der Waals surface area contributed by atoms with E-state index in [-0.39, 0.29) is 17.9 Å². The third-order valence-electron chi connectivity index (χ3n) is 6.89. The summed E-state index contributed by atoms with van der Waals surface area (Å²) in [5, 5.41) is 5.29. The highest BCUT2D eigenvalue weighted by molar-refractivity contribution is 7.09. The first kappa shape index (κ1) is 20.2. The average Bonchev–Trinajstić information content (AvgIpc) is 3.41. The van der Waals surface area contributed by atoms with E-state index >= 15 is 0 Å². The minimum Gasteiger partial charge on any atom is -0.351 e. The maximum absolute atomic E-state index is 13.7. The molecule has 0 radical (unpaired) electrons. The van der Waals surface area contributed by atoms with Crippen molar-refractivity contribution in [2.24, 2.45) is 5.92 Å². The summed E-state index contributed by atoms with van der Waals surface area (Å²) in [6.45, 7) is 4.98. The van der Waals surface area contributed by atoms with E-state index in [0.29, 0.717) is 18.9 Å². The second-order valence-electron chi connectivity index (χ2n) is 9.19. The van der Waals surface area contributed by atoms with Gasteiger partial charge in [-0.3, -0.25) is 9.59 Å². The SMILES string of the molecule is CC1CCC(NC(=O)C2(C)Cn3c(nc4ccccc43)C(=O)N2Cc2cccs2)CC1. The number of benzene rings is 1. The molecule has 1 aliphatic carbocycles. The number of imidazole rings is 1. The third kappa shape index (κ3) is 3.55. The Morgan fingerprint density at radius 1 is 1.19 bits per heavy atom. The highest BCUT2D eigenvalue weighted by Gasteiger charge is 2.49. The Hall–Kier alpha value is -2.67. The molecule has 1 fully saturated rings. The quantitative estimate of drug-likeness (QED) is 0.666. The van der Waals surface area contributed by atoms with Gasteiger partial charge in [0.2, 0.25) is 5.91 Å². The van der Waals surface area contributed by atoms with Crippen LogP contribution in [0.25, 0.3) is 11.0 Å². The molecule has 31 heavy (non-hydrogen) atoms. The number of para-hydroxylation sites is 2. The first-order chi connectivity index (χ1) is 15.0. The topological polar surface area (TPSA) is 67.2 Å². The zero-order chi connectivity index (χ0) is 21.6. The smallest absolute Gasteiger partial charge is 0.291 e. The monoisotopic (exact) mass is 436 g/mol. The molecular weight excluding hydrogens is 408 g/mol. The third-order valence-corrected chi connectivity index (χ3v) is 7.75. The fourth-order valence-electron chi connectivity index (χ4n) is 4.88. The van der Waals surface area contributed by atoms with Gasteiger partial charge < -0.3 is 14.8 Å². The number of hydrogen-bond donors (Lipinski definition) is 1. The van der Waals surface area contributed by atoms with Gasteiger partial charge in [0.05, 0.1) is 24.1 Å². The average molecular weight is 437 g/mol. The number of hydrogen-bond acceptors (Lipinski definition) is 4. The molecule has 7 heteroatoms. The molecule has 0 spiro atoms. The van der Waals surface area contributed by atoms with Crippen LogP contribution >= 0.6 is 11.3 Å². The molecule has 0 bridgehead atoms. The standard InChI is InChI=1S/C24H28N4O2S/c1-16-9-11-17(12-10-16)25-23(30)24(2)15-27-20-8-4-3-7-19(20)26-21(27)22(29)28(24)14-18-6-5-13-31-18/h3-8,13,16-17H,9-12,14-15H2,1-2H3,(H,25,30). The van der Waals surface area contributed by atoms with Crippen molar-refractivity contribution in [3.05, 3.63) is 52.5 Å². The van der Waals surface area contributed by atoms with Crippen LogP contribution in [0.5, 0.6) is 0 Å². The lowest BCUT2D eigenvalue weighted by molar-refractivity contribution is -0.134. The predicted molar refractivity (Wildman–Crippen MR) is 122 cm³/mol. The molecule has 6 nitrogen and oxygen atoms in total. The highest BCUT2D eigenvalue weighted by Crippen LogP contribution is 2.33. The molecule has 2 aliphatic rings. The molecular formula is C24H28N4O2S. The Balaban J connectivity index is 1.51. The maximum atomic E-state index is 13.7. The molecule has 1 aromatic carbocycles. The van der Waals surface area contributed by atoms with Crippen molar-refractivity contribution in [3.63, 3.8) is 0 Å². The number of carbonyl (C=O) groups excluding carboxylic acids is 2. The van der Waals surface area contributed by atoms with Crippen LogP contribution in [0.2, 0.25) is 0 Å². The zero-order valence-corrected chi connectivity index (χ0v) is 18.8. The normalized spacial score (nSPS) is 26.1. The number of thiophene rings is 1. The van der Waals surface area contributed by atoms with Crippen LogP contribution in [0.15, 0.2) is 41.8 Å². The summed E-state index contributed by atoms with van der Waals surface area (Å²) in [7, 11) is 0. The van der Waals surface area contributed by atoms with Gasteiger partial charge in [-0.25, -0.2) is 4.98 Å². The number of nitrogens with one attached hydrogen (secondary N) is 1. The van der Waals surface area contributed by atoms with Gasteiger partial charge in [0.1, 0.15) is 5.54 Å². The minimum absolute atomic E-state index is 0.0691. The molecule has 2 amide bonds. The lowest BCUT2D eigenvalue weighted by Gasteiger charge is -2.44. The van der Waals surface area contributed by atoms with Crippen LogP contribution in [0.4, 0.5) is 0 Å². The highest BCUT2D eigenvalue weighted by atomic mass is 32.1. The first-order valence-corrected chi connectivity index (χ1v) is 11.9. The molecule has 1 unspecified atom stereocenters. The Morgan fingerprint density at radius 2 is 1.97 bits per heavy atom. The van der Waals surface area contributed by atoms with E-state index in [9.17, 15) is 9.59 Å². The van der Waals surface area contributed by atoms with Crippen LogP contribution in [0, 0.1) is 5.92 Å². The van der Waals surface area contributed by atoms with E-state index in [1.54, 1.807) is 16.2 Å². The molecule has 3 heterocycles.